The molecule has 0 heterocycles. The lowest BCUT2D eigenvalue weighted by molar-refractivity contribution is -0.162. The Labute approximate surface area is 115 Å². The van der Waals surface area contributed by atoms with Crippen molar-refractivity contribution in [1.82, 2.24) is 5.32 Å². The first-order valence-corrected chi connectivity index (χ1v) is 7.02. The summed E-state index contributed by atoms with van der Waals surface area (Å²) in [7, 11) is 0. The topological polar surface area (TPSA) is 75.6 Å². The molecule has 2 rings (SSSR count). The van der Waals surface area contributed by atoms with Crippen LogP contribution in [0.5, 0.6) is 0 Å². The SMILES string of the molecule is [3H]OC(=O)NC1CC2CC1CC2OC(=O)C(C)(C)CC. The zero-order chi connectivity index (χ0) is 14.9. The second-order valence-corrected chi connectivity index (χ2v) is 6.45. The summed E-state index contributed by atoms with van der Waals surface area (Å²) >= 11 is 0. The summed E-state index contributed by atoms with van der Waals surface area (Å²) in [6, 6.07) is 0.0481. The van der Waals surface area contributed by atoms with Gasteiger partial charge in [0.1, 0.15) is 6.10 Å². The molecule has 1 amide bonds. The molecule has 108 valence electrons. The Morgan fingerprint density at radius 1 is 1.37 bits per heavy atom. The Morgan fingerprint density at radius 2 is 2.11 bits per heavy atom. The summed E-state index contributed by atoms with van der Waals surface area (Å²) in [5.41, 5.74) is -0.436. The molecule has 2 bridgehead atoms. The molecule has 4 atom stereocenters. The van der Waals surface area contributed by atoms with Crippen molar-refractivity contribution in [2.24, 2.45) is 17.3 Å². The minimum Gasteiger partial charge on any atom is -0.465 e. The van der Waals surface area contributed by atoms with E-state index in [1.165, 1.54) is 0 Å². The van der Waals surface area contributed by atoms with Gasteiger partial charge in [0, 0.05) is 6.04 Å². The van der Waals surface area contributed by atoms with Crippen LogP contribution in [0.15, 0.2) is 0 Å². The molecule has 0 spiro atoms. The smallest absolute Gasteiger partial charge is 0.404 e. The van der Waals surface area contributed by atoms with Crippen molar-refractivity contribution in [2.75, 3.05) is 0 Å². The number of nitrogens with one attached hydrogen (secondary N) is 1. The summed E-state index contributed by atoms with van der Waals surface area (Å²) < 4.78 is 12.2. The zero-order valence-electron chi connectivity index (χ0n) is 12.8. The molecule has 5 nitrogen and oxygen atoms in total. The van der Waals surface area contributed by atoms with Crippen molar-refractivity contribution in [3.05, 3.63) is 0 Å². The van der Waals surface area contributed by atoms with Crippen molar-refractivity contribution in [2.45, 2.75) is 58.6 Å². The number of hydrogen-bond acceptors (Lipinski definition) is 4. The zero-order valence-corrected chi connectivity index (χ0v) is 11.8. The van der Waals surface area contributed by atoms with Crippen LogP contribution in [-0.4, -0.2) is 29.3 Å². The van der Waals surface area contributed by atoms with E-state index in [0.29, 0.717) is 11.8 Å². The number of hydrogen-bond donors (Lipinski definition) is 2. The lowest BCUT2D eigenvalue weighted by Crippen LogP contribution is -2.41. The highest BCUT2D eigenvalue weighted by Crippen LogP contribution is 2.46. The first kappa shape index (κ1) is 12.8. The Hall–Kier alpha value is -1.26. The number of esters is 1. The van der Waals surface area contributed by atoms with Gasteiger partial charge < -0.3 is 15.2 Å². The molecule has 19 heavy (non-hydrogen) atoms. The second-order valence-electron chi connectivity index (χ2n) is 6.45. The van der Waals surface area contributed by atoms with Crippen LogP contribution in [0.25, 0.3) is 1.43 Å². The number of fused-ring (bicyclic) bond motifs is 2. The summed E-state index contributed by atoms with van der Waals surface area (Å²) in [6.07, 6.45) is 2.58. The van der Waals surface area contributed by atoms with Crippen LogP contribution in [0.2, 0.25) is 0 Å². The fourth-order valence-corrected chi connectivity index (χ4v) is 3.14. The molecule has 0 aromatic carbocycles. The van der Waals surface area contributed by atoms with E-state index in [2.05, 4.69) is 10.4 Å². The van der Waals surface area contributed by atoms with Gasteiger partial charge in [-0.25, -0.2) is 4.79 Å². The van der Waals surface area contributed by atoms with E-state index in [-0.39, 0.29) is 18.1 Å². The van der Waals surface area contributed by atoms with E-state index in [9.17, 15) is 9.59 Å². The third-order valence-corrected chi connectivity index (χ3v) is 4.79. The maximum absolute atomic E-state index is 12.1. The third-order valence-electron chi connectivity index (χ3n) is 4.79. The molecular formula is C14H23NO4. The lowest BCUT2D eigenvalue weighted by Gasteiger charge is -2.30. The molecule has 2 saturated carbocycles. The molecule has 0 aliphatic heterocycles. The van der Waals surface area contributed by atoms with Crippen molar-refractivity contribution in [3.8, 4) is 0 Å². The Morgan fingerprint density at radius 3 is 2.63 bits per heavy atom. The molecule has 0 aromatic heterocycles. The van der Waals surface area contributed by atoms with E-state index in [1.54, 1.807) is 0 Å². The quantitative estimate of drug-likeness (QED) is 0.770. The van der Waals surface area contributed by atoms with Gasteiger partial charge in [0.25, 0.3) is 1.43 Å². The van der Waals surface area contributed by atoms with Crippen LogP contribution in [-0.2, 0) is 9.53 Å². The summed E-state index contributed by atoms with van der Waals surface area (Å²) in [5, 5.41) is 6.57. The number of carbonyl (C=O) groups is 2. The van der Waals surface area contributed by atoms with E-state index < -0.39 is 11.5 Å². The van der Waals surface area contributed by atoms with Gasteiger partial charge in [0.15, 0.2) is 0 Å². The van der Waals surface area contributed by atoms with Crippen LogP contribution in [0.3, 0.4) is 0 Å². The predicted molar refractivity (Wildman–Crippen MR) is 69.7 cm³/mol. The minimum atomic E-state index is -0.705. The normalized spacial score (nSPS) is 33.7. The highest BCUT2D eigenvalue weighted by molar-refractivity contribution is 5.76. The number of ether oxygens (including phenoxy) is 1. The average Bonchev–Trinajstić information content (AvgIpc) is 2.98. The molecule has 5 heteroatoms. The van der Waals surface area contributed by atoms with Gasteiger partial charge in [-0.1, -0.05) is 6.92 Å². The first-order chi connectivity index (χ1) is 9.37. The van der Waals surface area contributed by atoms with E-state index in [1.807, 2.05) is 20.8 Å². The van der Waals surface area contributed by atoms with Crippen LogP contribution < -0.4 is 5.32 Å². The van der Waals surface area contributed by atoms with Crippen molar-refractivity contribution in [3.63, 3.8) is 0 Å². The molecule has 2 aliphatic carbocycles. The number of amides is 1. The van der Waals surface area contributed by atoms with Gasteiger partial charge in [-0.15, -0.1) is 0 Å². The van der Waals surface area contributed by atoms with Gasteiger partial charge in [-0.3, -0.25) is 4.79 Å². The summed E-state index contributed by atoms with van der Waals surface area (Å²) in [6.45, 7) is 5.78. The maximum atomic E-state index is 12.1. The summed E-state index contributed by atoms with van der Waals surface area (Å²) in [5.74, 6) is 0.502. The highest BCUT2D eigenvalue weighted by Gasteiger charge is 2.48. The van der Waals surface area contributed by atoms with Gasteiger partial charge >= 0.3 is 12.1 Å². The van der Waals surface area contributed by atoms with Crippen molar-refractivity contribution in [1.29, 1.82) is 1.43 Å². The van der Waals surface area contributed by atoms with Gasteiger partial charge in [0.2, 0.25) is 0 Å². The van der Waals surface area contributed by atoms with Crippen LogP contribution in [0.4, 0.5) is 4.79 Å². The van der Waals surface area contributed by atoms with Gasteiger partial charge in [-0.2, -0.15) is 0 Å². The van der Waals surface area contributed by atoms with Gasteiger partial charge in [-0.05, 0) is 51.4 Å². The largest absolute Gasteiger partial charge is 0.465 e. The molecular weight excluding hydrogens is 246 g/mol. The summed E-state index contributed by atoms with van der Waals surface area (Å²) in [4.78, 5) is 23.2. The number of carbonyl (C=O) groups excluding carboxylic acids is 1. The maximum Gasteiger partial charge on any atom is 0.404 e. The van der Waals surface area contributed by atoms with Crippen LogP contribution in [0, 0.1) is 17.3 Å². The molecule has 0 radical (unpaired) electrons. The number of carboxylic acid groups (broad SMARTS) is 1. The molecule has 2 N–H and O–H groups in total. The predicted octanol–water partition coefficient (Wildman–Crippen LogP) is 2.40. The Bertz CT molecular complexity index is 399. The Balaban J connectivity index is 1.86. The fraction of sp³-hybridized carbons (Fsp3) is 0.857. The van der Waals surface area contributed by atoms with Crippen LogP contribution >= 0.6 is 0 Å². The molecule has 2 fully saturated rings. The van der Waals surface area contributed by atoms with E-state index in [0.717, 1.165) is 25.7 Å². The lowest BCUT2D eigenvalue weighted by atomic mass is 9.89. The van der Waals surface area contributed by atoms with Crippen molar-refractivity contribution >= 4 is 12.1 Å². The monoisotopic (exact) mass is 271 g/mol. The number of rotatable bonds is 4. The highest BCUT2D eigenvalue weighted by atomic mass is 16.5. The average molecular weight is 271 g/mol. The van der Waals surface area contributed by atoms with E-state index in [4.69, 9.17) is 6.17 Å². The fourth-order valence-electron chi connectivity index (χ4n) is 3.14. The molecule has 0 aromatic rings. The van der Waals surface area contributed by atoms with Gasteiger partial charge in [0.05, 0.1) is 5.41 Å². The molecule has 0 saturated heterocycles. The molecule has 2 aliphatic rings. The minimum absolute atomic E-state index is 0.0246. The molecule has 4 unspecified atom stereocenters. The standard InChI is InChI=1S/C14H23NO4/c1-4-14(2,3)12(16)19-11-7-8-5-9(11)6-10(8)15-13(17)18/h8-11,15H,4-7H2,1-3H3,(H,17,18)/i/hT. The van der Waals surface area contributed by atoms with Crippen molar-refractivity contribution < 1.29 is 19.4 Å². The van der Waals surface area contributed by atoms with Crippen LogP contribution in [0.1, 0.15) is 46.5 Å². The first-order valence-electron chi connectivity index (χ1n) is 7.43. The third kappa shape index (κ3) is 2.85. The van der Waals surface area contributed by atoms with E-state index >= 15 is 0 Å². The second kappa shape index (κ2) is 5.02. The Kier molecular flexibility index (Phi) is 3.37.